The van der Waals surface area contributed by atoms with Crippen molar-refractivity contribution in [2.75, 3.05) is 0 Å². The maximum atomic E-state index is 5.33. The summed E-state index contributed by atoms with van der Waals surface area (Å²) in [5.41, 5.74) is 27.2. The lowest BCUT2D eigenvalue weighted by Crippen LogP contribution is -2.06. The van der Waals surface area contributed by atoms with Gasteiger partial charge >= 0.3 is 0 Å². The van der Waals surface area contributed by atoms with E-state index in [0.717, 1.165) is 66.5 Å². The highest BCUT2D eigenvalue weighted by atomic mass is 32.1. The van der Waals surface area contributed by atoms with Crippen LogP contribution in [-0.4, -0.2) is 58.6 Å². The van der Waals surface area contributed by atoms with E-state index in [-0.39, 0.29) is 0 Å². The van der Waals surface area contributed by atoms with Crippen LogP contribution in [0.1, 0.15) is 0 Å². The summed E-state index contributed by atoms with van der Waals surface area (Å²) in [5, 5.41) is 22.3. The maximum absolute atomic E-state index is 5.33. The van der Waals surface area contributed by atoms with E-state index < -0.39 is 0 Å². The molecule has 15 heteroatoms. The molecule has 21 aromatic carbocycles. The van der Waals surface area contributed by atoms with Gasteiger partial charge in [0.15, 0.2) is 34.9 Å². The molecule has 144 heavy (non-hydrogen) atoms. The summed E-state index contributed by atoms with van der Waals surface area (Å²) in [6.07, 6.45) is 0. The summed E-state index contributed by atoms with van der Waals surface area (Å²) in [7, 11) is 0. The van der Waals surface area contributed by atoms with Crippen LogP contribution < -0.4 is 0 Å². The molecule has 0 fully saturated rings. The molecule has 0 aliphatic heterocycles. The predicted molar refractivity (Wildman–Crippen MR) is 600 cm³/mol. The molecular weight excluding hydrogens is 1810 g/mol. The Morgan fingerprint density at radius 1 is 0.146 bits per heavy atom. The van der Waals surface area contributed by atoms with Gasteiger partial charge < -0.3 is 0 Å². The van der Waals surface area contributed by atoms with E-state index >= 15 is 0 Å². The molecular formula is C129H72N12S3. The molecule has 0 unspecified atom stereocenters. The van der Waals surface area contributed by atoms with Gasteiger partial charge in [-0.05, 0) is 184 Å². The highest BCUT2D eigenvalue weighted by Gasteiger charge is 2.33. The summed E-state index contributed by atoms with van der Waals surface area (Å²) in [4.78, 5) is 46.9. The number of rotatable bonds is 9. The van der Waals surface area contributed by atoms with Gasteiger partial charge in [0.05, 0.1) is 33.1 Å². The minimum absolute atomic E-state index is 0.608. The fourth-order valence-electron chi connectivity index (χ4n) is 23.2. The second-order valence-corrected chi connectivity index (χ2v) is 40.4. The van der Waals surface area contributed by atoms with Gasteiger partial charge in [0.1, 0.15) is 0 Å². The summed E-state index contributed by atoms with van der Waals surface area (Å²) in [5.74, 6) is 5.76. The van der Waals surface area contributed by atoms with E-state index in [2.05, 4.69) is 396 Å². The van der Waals surface area contributed by atoms with Gasteiger partial charge in [-0.3, -0.25) is 13.7 Å². The molecule has 30 aromatic rings. The van der Waals surface area contributed by atoms with Crippen LogP contribution in [0, 0.1) is 0 Å². The van der Waals surface area contributed by atoms with E-state index in [1.165, 1.54) is 192 Å². The van der Waals surface area contributed by atoms with Crippen molar-refractivity contribution in [2.45, 2.75) is 0 Å². The normalized spacial score (nSPS) is 12.2. The molecule has 9 aromatic heterocycles. The maximum Gasteiger partial charge on any atom is 0.238 e. The molecule has 0 amide bonds. The quantitative estimate of drug-likeness (QED) is 0.139. The van der Waals surface area contributed by atoms with E-state index in [4.69, 9.17) is 44.9 Å². The first-order chi connectivity index (χ1) is 71.4. The third kappa shape index (κ3) is 12.2. The van der Waals surface area contributed by atoms with Crippen LogP contribution in [0.4, 0.5) is 0 Å². The van der Waals surface area contributed by atoms with Crippen molar-refractivity contribution in [2.24, 2.45) is 0 Å². The Morgan fingerprint density at radius 3 is 0.847 bits per heavy atom. The first-order valence-corrected chi connectivity index (χ1v) is 50.8. The Morgan fingerprint density at radius 2 is 0.424 bits per heavy atom. The number of thiophene rings is 3. The average molecular weight is 1890 g/mol. The third-order valence-electron chi connectivity index (χ3n) is 29.4. The Bertz CT molecular complexity index is 10800. The van der Waals surface area contributed by atoms with E-state index in [0.29, 0.717) is 52.8 Å². The van der Waals surface area contributed by atoms with Crippen molar-refractivity contribution in [3.05, 3.63) is 437 Å². The summed E-state index contributed by atoms with van der Waals surface area (Å²) in [6, 6.07) is 156. The molecule has 0 radical (unpaired) electrons. The number of hydrogen-bond donors (Lipinski definition) is 0. The number of aromatic nitrogens is 12. The lowest BCUT2D eigenvalue weighted by molar-refractivity contribution is 0.953. The molecule has 3 aliphatic carbocycles. The van der Waals surface area contributed by atoms with Gasteiger partial charge in [0.2, 0.25) is 17.8 Å². The van der Waals surface area contributed by atoms with E-state index in [9.17, 15) is 0 Å². The van der Waals surface area contributed by atoms with Crippen molar-refractivity contribution >= 4 is 192 Å². The van der Waals surface area contributed by atoms with Gasteiger partial charge in [-0.2, -0.15) is 29.9 Å². The zero-order valence-corrected chi connectivity index (χ0v) is 79.1. The molecule has 33 rings (SSSR count). The van der Waals surface area contributed by atoms with Crippen molar-refractivity contribution in [3.8, 4) is 153 Å². The fraction of sp³-hybridized carbons (Fsp3) is 0. The van der Waals surface area contributed by atoms with Gasteiger partial charge in [-0.25, -0.2) is 15.0 Å². The van der Waals surface area contributed by atoms with Crippen LogP contribution >= 0.6 is 34.0 Å². The summed E-state index contributed by atoms with van der Waals surface area (Å²) >= 11 is 5.41. The fourth-order valence-corrected chi connectivity index (χ4v) is 26.7. The predicted octanol–water partition coefficient (Wildman–Crippen LogP) is 34.4. The molecule has 3 aliphatic rings. The Hall–Kier alpha value is -18.5. The van der Waals surface area contributed by atoms with Crippen LogP contribution in [0.15, 0.2) is 437 Å². The third-order valence-corrected chi connectivity index (χ3v) is 32.9. The molecule has 0 spiro atoms. The van der Waals surface area contributed by atoms with E-state index in [1.54, 1.807) is 22.7 Å². The van der Waals surface area contributed by atoms with Gasteiger partial charge in [-0.1, -0.05) is 352 Å². The van der Waals surface area contributed by atoms with Crippen molar-refractivity contribution in [1.82, 2.24) is 58.6 Å². The molecule has 0 bridgehead atoms. The SMILES string of the molecule is c1ccc(-c2nc(-c3ccc4c(c3)sc3ccccc34)nc(-n3c4cccc5c4c4c6c(cccc6ccc43)-c3ccccc3-5)n2)cc1.c1ccc(-c2nc(-c3ccc4sc5ccccc5c4c3)nc(-n3c4cccc5c4c4c6c(cccc6ccc43)-c3ccccc3-5)n2)cc1.c1ccc(-c2nc(-c3cccc4c3sc3ccccc34)nc(-n3c4cccc5c4c4c6c(cccc6ccc43)-c3ccccc3-5)n2)cc1. The Kier molecular flexibility index (Phi) is 17.6. The summed E-state index contributed by atoms with van der Waals surface area (Å²) < 4.78 is 14.2. The second kappa shape index (κ2) is 31.5. The highest BCUT2D eigenvalue weighted by Crippen LogP contribution is 2.55. The van der Waals surface area contributed by atoms with Crippen LogP contribution in [0.2, 0.25) is 0 Å². The van der Waals surface area contributed by atoms with Gasteiger partial charge in [0, 0.05) is 126 Å². The van der Waals surface area contributed by atoms with Crippen LogP contribution in [0.25, 0.3) is 311 Å². The lowest BCUT2D eigenvalue weighted by Gasteiger charge is -2.14. The zero-order chi connectivity index (χ0) is 94.0. The number of hydrogen-bond acceptors (Lipinski definition) is 12. The molecule has 0 saturated heterocycles. The summed E-state index contributed by atoms with van der Waals surface area (Å²) in [6.45, 7) is 0. The van der Waals surface area contributed by atoms with Crippen LogP contribution in [0.5, 0.6) is 0 Å². The smallest absolute Gasteiger partial charge is 0.238 e. The molecule has 12 nitrogen and oxygen atoms in total. The van der Waals surface area contributed by atoms with Gasteiger partial charge in [0.25, 0.3) is 0 Å². The Labute approximate surface area is 834 Å². The topological polar surface area (TPSA) is 131 Å². The highest BCUT2D eigenvalue weighted by molar-refractivity contribution is 7.27. The molecule has 0 N–H and O–H groups in total. The largest absolute Gasteiger partial charge is 0.278 e. The van der Waals surface area contributed by atoms with E-state index in [1.807, 2.05) is 65.9 Å². The minimum Gasteiger partial charge on any atom is -0.278 e. The van der Waals surface area contributed by atoms with Crippen molar-refractivity contribution < 1.29 is 0 Å². The number of benzene rings is 21. The monoisotopic (exact) mass is 1880 g/mol. The first kappa shape index (κ1) is 80.4. The van der Waals surface area contributed by atoms with Crippen LogP contribution in [-0.2, 0) is 0 Å². The van der Waals surface area contributed by atoms with Gasteiger partial charge in [-0.15, -0.1) is 34.0 Å². The number of nitrogens with zero attached hydrogens (tertiary/aromatic N) is 12. The van der Waals surface area contributed by atoms with Crippen molar-refractivity contribution in [1.29, 1.82) is 0 Å². The van der Waals surface area contributed by atoms with Crippen molar-refractivity contribution in [3.63, 3.8) is 0 Å². The van der Waals surface area contributed by atoms with Crippen LogP contribution in [0.3, 0.4) is 0 Å². The average Bonchev–Trinajstić information content (AvgIpc) is 1.55. The molecule has 0 atom stereocenters. The molecule has 666 valence electrons. The standard InChI is InChI=1S/3C43H24N4S/c1-2-11-26(12-3-1)41-44-42(33-20-9-19-32-29-16-6-7-22-36(29)48-40(32)33)46-43(45-41)47-34-21-10-18-31-28-15-5-4-14-27(28)30-17-8-13-25-23-24-35(47)39(37(25)30)38(31)34;1-2-10-26(11-3-1)41-44-42(27-20-22-31-30-15-6-7-19-36(30)48-37(31)24-27)46-43(45-41)47-34-18-9-17-33-29-14-5-4-13-28(29)32-16-8-12-25-21-23-35(47)40(38(25)32)39(33)34;1-2-10-26(11-3-1)41-44-42(27-21-23-37-33(24-27)30-15-6-7-19-36(30)48-37)46-43(45-41)47-34-18-9-17-32-29-14-5-4-13-28(29)31-16-8-12-25-20-22-35(47)40(38(25)31)39(32)34/h3*1-24H. The molecule has 9 heterocycles. The zero-order valence-electron chi connectivity index (χ0n) is 76.7. The lowest BCUT2D eigenvalue weighted by atomic mass is 9.93. The second-order valence-electron chi connectivity index (χ2n) is 37.2. The molecule has 0 saturated carbocycles. The number of fused-ring (bicyclic) bond motifs is 18. The first-order valence-electron chi connectivity index (χ1n) is 48.4. The minimum atomic E-state index is 0.608. The Balaban J connectivity index is 0.0000000986.